The minimum absolute atomic E-state index is 0.115. The van der Waals surface area contributed by atoms with Gasteiger partial charge in [0.05, 0.1) is 11.6 Å². The number of furan rings is 1. The Balaban J connectivity index is 2.23. The summed E-state index contributed by atoms with van der Waals surface area (Å²) in [7, 11) is 0. The third-order valence-electron chi connectivity index (χ3n) is 2.61. The summed E-state index contributed by atoms with van der Waals surface area (Å²) in [5.74, 6) is 0.207. The maximum atomic E-state index is 6.43. The topological polar surface area (TPSA) is 26.0 Å². The highest BCUT2D eigenvalue weighted by molar-refractivity contribution is 9.10. The Kier molecular flexibility index (Phi) is 3.66. The van der Waals surface area contributed by atoms with Crippen LogP contribution >= 0.6 is 27.5 Å². The minimum Gasteiger partial charge on any atom is -0.457 e. The lowest BCUT2D eigenvalue weighted by atomic mass is 9.95. The van der Waals surface area contributed by atoms with Gasteiger partial charge < -0.3 is 4.42 Å². The van der Waals surface area contributed by atoms with Gasteiger partial charge in [-0.3, -0.25) is 4.98 Å². The van der Waals surface area contributed by atoms with Gasteiger partial charge in [-0.25, -0.2) is 0 Å². The molecule has 2 rings (SSSR count). The second-order valence-electron chi connectivity index (χ2n) is 3.62. The third-order valence-corrected chi connectivity index (χ3v) is 3.87. The van der Waals surface area contributed by atoms with Gasteiger partial charge >= 0.3 is 0 Å². The Bertz CT molecular complexity index is 457. The van der Waals surface area contributed by atoms with Gasteiger partial charge in [-0.05, 0) is 39.7 Å². The highest BCUT2D eigenvalue weighted by atomic mass is 79.9. The van der Waals surface area contributed by atoms with E-state index in [0.717, 1.165) is 5.56 Å². The van der Waals surface area contributed by atoms with Crippen molar-refractivity contribution in [2.75, 3.05) is 0 Å². The highest BCUT2D eigenvalue weighted by Gasteiger charge is 2.21. The van der Waals surface area contributed by atoms with E-state index in [4.69, 9.17) is 16.0 Å². The average molecular weight is 301 g/mol. The summed E-state index contributed by atoms with van der Waals surface area (Å²) < 4.78 is 5.89. The van der Waals surface area contributed by atoms with E-state index in [1.54, 1.807) is 18.7 Å². The van der Waals surface area contributed by atoms with Crippen LogP contribution in [0.2, 0.25) is 0 Å². The largest absolute Gasteiger partial charge is 0.457 e. The second kappa shape index (κ2) is 5.02. The monoisotopic (exact) mass is 299 g/mol. The van der Waals surface area contributed by atoms with Gasteiger partial charge in [0, 0.05) is 23.9 Å². The van der Waals surface area contributed by atoms with Crippen LogP contribution in [0.5, 0.6) is 0 Å². The van der Waals surface area contributed by atoms with Gasteiger partial charge in [-0.15, -0.1) is 11.6 Å². The zero-order valence-corrected chi connectivity index (χ0v) is 11.1. The zero-order chi connectivity index (χ0) is 11.5. The molecule has 0 aliphatic carbocycles. The molecule has 2 aromatic rings. The minimum atomic E-state index is -0.115. The predicted molar refractivity (Wildman–Crippen MR) is 67.7 cm³/mol. The normalized spacial score (nSPS) is 14.7. The van der Waals surface area contributed by atoms with E-state index in [0.29, 0.717) is 4.67 Å². The van der Waals surface area contributed by atoms with E-state index in [-0.39, 0.29) is 11.3 Å². The molecule has 2 nitrogen and oxygen atoms in total. The Morgan fingerprint density at radius 2 is 2.00 bits per heavy atom. The highest BCUT2D eigenvalue weighted by Crippen LogP contribution is 2.39. The van der Waals surface area contributed by atoms with Crippen molar-refractivity contribution < 1.29 is 4.42 Å². The van der Waals surface area contributed by atoms with E-state index in [1.165, 1.54) is 5.56 Å². The van der Waals surface area contributed by atoms with Crippen LogP contribution < -0.4 is 0 Å². The first-order valence-electron chi connectivity index (χ1n) is 4.97. The van der Waals surface area contributed by atoms with Gasteiger partial charge in [0.2, 0.25) is 0 Å². The molecule has 0 radical (unpaired) electrons. The summed E-state index contributed by atoms with van der Waals surface area (Å²) in [6.45, 7) is 2.09. The molecule has 2 unspecified atom stereocenters. The standard InChI is InChI=1S/C12H11BrClNO/c1-8(9-2-5-15-6-3-9)11(14)10-4-7-16-12(10)13/h2-8,11H,1H3. The Hall–Kier alpha value is -0.800. The maximum Gasteiger partial charge on any atom is 0.173 e. The molecule has 2 aromatic heterocycles. The summed E-state index contributed by atoms with van der Waals surface area (Å²) in [5, 5.41) is -0.115. The van der Waals surface area contributed by atoms with Crippen molar-refractivity contribution in [2.45, 2.75) is 18.2 Å². The van der Waals surface area contributed by atoms with Gasteiger partial charge in [0.25, 0.3) is 0 Å². The molecule has 0 bridgehead atoms. The van der Waals surface area contributed by atoms with E-state index in [2.05, 4.69) is 27.8 Å². The van der Waals surface area contributed by atoms with E-state index in [1.807, 2.05) is 18.2 Å². The molecule has 4 heteroatoms. The van der Waals surface area contributed by atoms with Gasteiger partial charge in [0.15, 0.2) is 4.67 Å². The maximum absolute atomic E-state index is 6.43. The fourth-order valence-corrected chi connectivity index (χ4v) is 2.54. The zero-order valence-electron chi connectivity index (χ0n) is 8.73. The molecule has 0 spiro atoms. The first kappa shape index (κ1) is 11.7. The van der Waals surface area contributed by atoms with Crippen LogP contribution in [0, 0.1) is 0 Å². The van der Waals surface area contributed by atoms with Crippen molar-refractivity contribution in [3.05, 3.63) is 52.7 Å². The molecule has 16 heavy (non-hydrogen) atoms. The van der Waals surface area contributed by atoms with Crippen LogP contribution in [0.15, 0.2) is 45.9 Å². The van der Waals surface area contributed by atoms with Crippen LogP contribution in [0.4, 0.5) is 0 Å². The van der Waals surface area contributed by atoms with E-state index < -0.39 is 0 Å². The molecule has 2 heterocycles. The molecule has 0 saturated carbocycles. The number of nitrogens with zero attached hydrogens (tertiary/aromatic N) is 1. The lowest BCUT2D eigenvalue weighted by molar-refractivity contribution is 0.533. The summed E-state index contributed by atoms with van der Waals surface area (Å²) >= 11 is 9.77. The molecule has 84 valence electrons. The number of halogens is 2. The molecule has 0 aromatic carbocycles. The number of rotatable bonds is 3. The molecule has 0 aliphatic heterocycles. The number of hydrogen-bond acceptors (Lipinski definition) is 2. The summed E-state index contributed by atoms with van der Waals surface area (Å²) in [6.07, 6.45) is 5.19. The molecular formula is C12H11BrClNO. The second-order valence-corrected chi connectivity index (χ2v) is 4.81. The summed E-state index contributed by atoms with van der Waals surface area (Å²) in [6, 6.07) is 5.85. The fraction of sp³-hybridized carbons (Fsp3) is 0.250. The number of aromatic nitrogens is 1. The van der Waals surface area contributed by atoms with Gasteiger partial charge in [0.1, 0.15) is 0 Å². The molecule has 0 amide bonds. The lowest BCUT2D eigenvalue weighted by Crippen LogP contribution is -2.02. The quantitative estimate of drug-likeness (QED) is 0.779. The van der Waals surface area contributed by atoms with Crippen molar-refractivity contribution in [3.8, 4) is 0 Å². The molecule has 0 saturated heterocycles. The van der Waals surface area contributed by atoms with Crippen molar-refractivity contribution in [3.63, 3.8) is 0 Å². The van der Waals surface area contributed by atoms with Crippen molar-refractivity contribution >= 4 is 27.5 Å². The Labute approximate surface area is 108 Å². The summed E-state index contributed by atoms with van der Waals surface area (Å²) in [4.78, 5) is 4.00. The summed E-state index contributed by atoms with van der Waals surface area (Å²) in [5.41, 5.74) is 2.15. The Morgan fingerprint density at radius 3 is 2.56 bits per heavy atom. The molecule has 2 atom stereocenters. The van der Waals surface area contributed by atoms with Crippen molar-refractivity contribution in [1.82, 2.24) is 4.98 Å². The predicted octanol–water partition coefficient (Wildman–Crippen LogP) is 4.52. The lowest BCUT2D eigenvalue weighted by Gasteiger charge is -2.17. The Morgan fingerprint density at radius 1 is 1.31 bits per heavy atom. The van der Waals surface area contributed by atoms with Crippen molar-refractivity contribution in [1.29, 1.82) is 0 Å². The van der Waals surface area contributed by atoms with Crippen molar-refractivity contribution in [2.24, 2.45) is 0 Å². The van der Waals surface area contributed by atoms with Crippen LogP contribution in [-0.4, -0.2) is 4.98 Å². The van der Waals surface area contributed by atoms with Crippen LogP contribution in [0.25, 0.3) is 0 Å². The number of alkyl halides is 1. The van der Waals surface area contributed by atoms with Crippen LogP contribution in [0.3, 0.4) is 0 Å². The van der Waals surface area contributed by atoms with Crippen LogP contribution in [0.1, 0.15) is 29.3 Å². The molecule has 0 N–H and O–H groups in total. The van der Waals surface area contributed by atoms with Crippen LogP contribution in [-0.2, 0) is 0 Å². The smallest absolute Gasteiger partial charge is 0.173 e. The van der Waals surface area contributed by atoms with Gasteiger partial charge in [-0.1, -0.05) is 6.92 Å². The number of pyridine rings is 1. The average Bonchev–Trinajstić information content (AvgIpc) is 2.75. The molecular weight excluding hydrogens is 289 g/mol. The third kappa shape index (κ3) is 2.30. The molecule has 0 aliphatic rings. The van der Waals surface area contributed by atoms with E-state index >= 15 is 0 Å². The van der Waals surface area contributed by atoms with E-state index in [9.17, 15) is 0 Å². The fourth-order valence-electron chi connectivity index (χ4n) is 1.61. The number of hydrogen-bond donors (Lipinski definition) is 0. The molecule has 0 fully saturated rings. The first-order valence-corrected chi connectivity index (χ1v) is 6.20. The van der Waals surface area contributed by atoms with Gasteiger partial charge in [-0.2, -0.15) is 0 Å². The SMILES string of the molecule is CC(c1ccncc1)C(Cl)c1ccoc1Br. The first-order chi connectivity index (χ1) is 7.70.